The Kier molecular flexibility index (Phi) is 5.92. The van der Waals surface area contributed by atoms with Crippen molar-refractivity contribution in [1.82, 2.24) is 0 Å². The molecule has 5 nitrogen and oxygen atoms in total. The number of aryl methyl sites for hydroxylation is 1. The molecular weight excluding hydrogens is 491 g/mol. The molecule has 0 spiro atoms. The first-order valence-electron chi connectivity index (χ1n) is 11.1. The maximum Gasteiger partial charge on any atom is 0.416 e. The minimum Gasteiger partial charge on any atom is -0.456 e. The number of rotatable bonds is 3. The summed E-state index contributed by atoms with van der Waals surface area (Å²) in [6.45, 7) is 5.79. The Hall–Kier alpha value is -3.56. The standard InChI is InChI=1S/C27H22F3NO4S/c1-17-7-13-21(14-8-17)36(32,33)31-15-18(2)16-34-25(19-9-11-20(12-10-19)27(28,29)30)26-24(31)22-5-3-4-6-23(22)35-26/h3-14,25H,2,15-16H2,1H3. The van der Waals surface area contributed by atoms with Crippen LogP contribution in [0.15, 0.2) is 94.3 Å². The van der Waals surface area contributed by atoms with Crippen LogP contribution in [0.3, 0.4) is 0 Å². The van der Waals surface area contributed by atoms with E-state index < -0.39 is 27.9 Å². The number of benzene rings is 3. The molecule has 186 valence electrons. The van der Waals surface area contributed by atoms with E-state index >= 15 is 0 Å². The van der Waals surface area contributed by atoms with Gasteiger partial charge in [0.2, 0.25) is 0 Å². The average molecular weight is 514 g/mol. The van der Waals surface area contributed by atoms with Crippen molar-refractivity contribution < 1.29 is 30.7 Å². The highest BCUT2D eigenvalue weighted by molar-refractivity contribution is 7.92. The Morgan fingerprint density at radius 2 is 1.64 bits per heavy atom. The van der Waals surface area contributed by atoms with Crippen LogP contribution in [0.4, 0.5) is 18.9 Å². The van der Waals surface area contributed by atoms with Crippen molar-refractivity contribution in [3.8, 4) is 0 Å². The summed E-state index contributed by atoms with van der Waals surface area (Å²) < 4.78 is 80.6. The molecule has 0 radical (unpaired) electrons. The Labute approximate surface area is 206 Å². The molecule has 1 unspecified atom stereocenters. The zero-order valence-corrected chi connectivity index (χ0v) is 20.1. The lowest BCUT2D eigenvalue weighted by Gasteiger charge is -2.30. The van der Waals surface area contributed by atoms with Crippen molar-refractivity contribution >= 4 is 26.7 Å². The smallest absolute Gasteiger partial charge is 0.416 e. The van der Waals surface area contributed by atoms with Crippen LogP contribution in [-0.4, -0.2) is 21.6 Å². The molecule has 0 N–H and O–H groups in total. The van der Waals surface area contributed by atoms with Gasteiger partial charge in [-0.1, -0.05) is 48.5 Å². The molecule has 36 heavy (non-hydrogen) atoms. The molecule has 1 aliphatic heterocycles. The fraction of sp³-hybridized carbons (Fsp3) is 0.185. The van der Waals surface area contributed by atoms with Gasteiger partial charge in [0.15, 0.2) is 5.76 Å². The maximum atomic E-state index is 13.9. The molecular formula is C27H22F3NO4S. The number of ether oxygens (including phenoxy) is 1. The van der Waals surface area contributed by atoms with Gasteiger partial charge in [-0.15, -0.1) is 0 Å². The Morgan fingerprint density at radius 1 is 0.972 bits per heavy atom. The van der Waals surface area contributed by atoms with Crippen molar-refractivity contribution in [3.63, 3.8) is 0 Å². The molecule has 0 fully saturated rings. The number of furan rings is 1. The van der Waals surface area contributed by atoms with Gasteiger partial charge in [-0.3, -0.25) is 4.31 Å². The van der Waals surface area contributed by atoms with Crippen LogP contribution in [0.5, 0.6) is 0 Å². The van der Waals surface area contributed by atoms with Gasteiger partial charge in [-0.05, 0) is 54.5 Å². The van der Waals surface area contributed by atoms with Crippen molar-refractivity contribution in [1.29, 1.82) is 0 Å². The molecule has 3 aromatic carbocycles. The van der Waals surface area contributed by atoms with Gasteiger partial charge in [0, 0.05) is 5.39 Å². The van der Waals surface area contributed by atoms with Crippen molar-refractivity contribution in [2.75, 3.05) is 17.5 Å². The van der Waals surface area contributed by atoms with E-state index in [1.807, 2.05) is 6.92 Å². The molecule has 4 aromatic rings. The predicted octanol–water partition coefficient (Wildman–Crippen LogP) is 6.63. The second-order valence-corrected chi connectivity index (χ2v) is 10.6. The van der Waals surface area contributed by atoms with Crippen molar-refractivity contribution in [2.24, 2.45) is 0 Å². The van der Waals surface area contributed by atoms with E-state index in [0.29, 0.717) is 22.1 Å². The number of halogens is 3. The molecule has 1 aliphatic rings. The molecule has 1 atom stereocenters. The first kappa shape index (κ1) is 24.1. The van der Waals surface area contributed by atoms with Crippen LogP contribution >= 0.6 is 0 Å². The quantitative estimate of drug-likeness (QED) is 0.289. The molecule has 5 rings (SSSR count). The summed E-state index contributed by atoms with van der Waals surface area (Å²) in [5.41, 5.74) is 1.70. The zero-order valence-electron chi connectivity index (χ0n) is 19.2. The van der Waals surface area contributed by atoms with Gasteiger partial charge in [-0.2, -0.15) is 13.2 Å². The number of anilines is 1. The van der Waals surface area contributed by atoms with Gasteiger partial charge in [0.1, 0.15) is 17.4 Å². The van der Waals surface area contributed by atoms with Gasteiger partial charge in [0.05, 0.1) is 23.6 Å². The number of para-hydroxylation sites is 1. The van der Waals surface area contributed by atoms with E-state index in [9.17, 15) is 21.6 Å². The highest BCUT2D eigenvalue weighted by Crippen LogP contribution is 2.45. The van der Waals surface area contributed by atoms with Crippen molar-refractivity contribution in [2.45, 2.75) is 24.1 Å². The zero-order chi connectivity index (χ0) is 25.7. The number of hydrogen-bond acceptors (Lipinski definition) is 4. The third-order valence-corrected chi connectivity index (χ3v) is 7.81. The predicted molar refractivity (Wildman–Crippen MR) is 130 cm³/mol. The summed E-state index contributed by atoms with van der Waals surface area (Å²) in [4.78, 5) is 0.102. The third kappa shape index (κ3) is 4.29. The third-order valence-electron chi connectivity index (χ3n) is 6.05. The Morgan fingerprint density at radius 3 is 2.31 bits per heavy atom. The van der Waals surface area contributed by atoms with E-state index in [2.05, 4.69) is 6.58 Å². The van der Waals surface area contributed by atoms with Gasteiger partial charge < -0.3 is 9.15 Å². The summed E-state index contributed by atoms with van der Waals surface area (Å²) >= 11 is 0. The summed E-state index contributed by atoms with van der Waals surface area (Å²) in [5, 5.41) is 0.540. The molecule has 0 amide bonds. The van der Waals surface area contributed by atoms with Crippen LogP contribution in [0.2, 0.25) is 0 Å². The van der Waals surface area contributed by atoms with Gasteiger partial charge in [-0.25, -0.2) is 8.42 Å². The second-order valence-electron chi connectivity index (χ2n) is 8.70. The topological polar surface area (TPSA) is 59.8 Å². The average Bonchev–Trinajstić information content (AvgIpc) is 3.20. The number of fused-ring (bicyclic) bond motifs is 3. The largest absolute Gasteiger partial charge is 0.456 e. The van der Waals surface area contributed by atoms with E-state index in [1.54, 1.807) is 36.4 Å². The molecule has 2 heterocycles. The summed E-state index contributed by atoms with van der Waals surface area (Å²) in [6, 6.07) is 18.0. The number of sulfonamides is 1. The SMILES string of the molecule is C=C1COC(c2ccc(C(F)(F)F)cc2)c2oc3ccccc3c2N(S(=O)(=O)c2ccc(C)cc2)C1. The van der Waals surface area contributed by atoms with Gasteiger partial charge in [0.25, 0.3) is 10.0 Å². The summed E-state index contributed by atoms with van der Waals surface area (Å²) in [5.74, 6) is 0.194. The lowest BCUT2D eigenvalue weighted by molar-refractivity contribution is -0.137. The van der Waals surface area contributed by atoms with Crippen LogP contribution in [0.1, 0.15) is 28.6 Å². The lowest BCUT2D eigenvalue weighted by atomic mass is 10.0. The van der Waals surface area contributed by atoms with Crippen LogP contribution in [-0.2, 0) is 20.9 Å². The molecule has 0 saturated heterocycles. The van der Waals surface area contributed by atoms with Crippen LogP contribution in [0, 0.1) is 6.92 Å². The lowest BCUT2D eigenvalue weighted by Crippen LogP contribution is -2.35. The summed E-state index contributed by atoms with van der Waals surface area (Å²) in [7, 11) is -4.05. The van der Waals surface area contributed by atoms with Crippen molar-refractivity contribution in [3.05, 3.63) is 107 Å². The summed E-state index contributed by atoms with van der Waals surface area (Å²) in [6.07, 6.45) is -5.44. The molecule has 0 bridgehead atoms. The van der Waals surface area contributed by atoms with E-state index in [-0.39, 0.29) is 29.5 Å². The van der Waals surface area contributed by atoms with Crippen LogP contribution in [0.25, 0.3) is 11.0 Å². The first-order chi connectivity index (χ1) is 17.1. The number of nitrogens with zero attached hydrogens (tertiary/aromatic N) is 1. The Balaban J connectivity index is 1.72. The highest BCUT2D eigenvalue weighted by atomic mass is 32.2. The minimum atomic E-state index is -4.49. The fourth-order valence-electron chi connectivity index (χ4n) is 4.23. The molecule has 0 aliphatic carbocycles. The fourth-order valence-corrected chi connectivity index (χ4v) is 5.74. The van der Waals surface area contributed by atoms with E-state index in [1.165, 1.54) is 28.6 Å². The molecule has 9 heteroatoms. The molecule has 0 saturated carbocycles. The van der Waals surface area contributed by atoms with E-state index in [0.717, 1.165) is 17.7 Å². The number of alkyl halides is 3. The van der Waals surface area contributed by atoms with Crippen LogP contribution < -0.4 is 4.31 Å². The minimum absolute atomic E-state index is 0.0118. The Bertz CT molecular complexity index is 1540. The second kappa shape index (κ2) is 8.83. The normalized spacial score (nSPS) is 17.1. The number of hydrogen-bond donors (Lipinski definition) is 0. The first-order valence-corrected chi connectivity index (χ1v) is 12.6. The highest BCUT2D eigenvalue weighted by Gasteiger charge is 2.37. The van der Waals surface area contributed by atoms with E-state index in [4.69, 9.17) is 9.15 Å². The maximum absolute atomic E-state index is 13.9. The molecule has 1 aromatic heterocycles. The van der Waals surface area contributed by atoms with Gasteiger partial charge >= 0.3 is 6.18 Å². The monoisotopic (exact) mass is 513 g/mol.